The van der Waals surface area contributed by atoms with Gasteiger partial charge >= 0.3 is 6.03 Å². The third-order valence-corrected chi connectivity index (χ3v) is 3.71. The maximum atomic E-state index is 12.1. The minimum atomic E-state index is 0.00308. The summed E-state index contributed by atoms with van der Waals surface area (Å²) < 4.78 is 0. The second-order valence-corrected chi connectivity index (χ2v) is 5.49. The van der Waals surface area contributed by atoms with E-state index in [0.29, 0.717) is 12.5 Å². The van der Waals surface area contributed by atoms with Gasteiger partial charge in [-0.25, -0.2) is 4.79 Å². The molecule has 0 saturated carbocycles. The minimum Gasteiger partial charge on any atom is -0.337 e. The van der Waals surface area contributed by atoms with Gasteiger partial charge in [-0.15, -0.1) is 0 Å². The Bertz CT molecular complexity index is 461. The molecule has 1 fully saturated rings. The molecule has 1 atom stereocenters. The summed E-state index contributed by atoms with van der Waals surface area (Å²) in [6.45, 7) is 8.37. The second-order valence-electron chi connectivity index (χ2n) is 5.49. The first-order valence-electron chi connectivity index (χ1n) is 6.86. The van der Waals surface area contributed by atoms with Crippen molar-refractivity contribution in [3.63, 3.8) is 0 Å². The lowest BCUT2D eigenvalue weighted by Crippen LogP contribution is -2.52. The normalized spacial score (nSPS) is 19.5. The number of nitrogens with one attached hydrogen (secondary N) is 1. The maximum absolute atomic E-state index is 12.1. The van der Waals surface area contributed by atoms with E-state index in [2.05, 4.69) is 38.2 Å². The van der Waals surface area contributed by atoms with Crippen LogP contribution in [0.1, 0.15) is 23.1 Å². The largest absolute Gasteiger partial charge is 0.337 e. The molecule has 1 unspecified atom stereocenters. The van der Waals surface area contributed by atoms with Crippen molar-refractivity contribution >= 4 is 11.7 Å². The highest BCUT2D eigenvalue weighted by atomic mass is 16.2. The Morgan fingerprint density at radius 3 is 2.53 bits per heavy atom. The highest BCUT2D eigenvalue weighted by Crippen LogP contribution is 2.28. The first-order chi connectivity index (χ1) is 9.02. The molecule has 1 aliphatic heterocycles. The fraction of sp³-hybridized carbons (Fsp3) is 0.533. The van der Waals surface area contributed by atoms with Crippen LogP contribution in [0.15, 0.2) is 12.1 Å². The summed E-state index contributed by atoms with van der Waals surface area (Å²) in [4.78, 5) is 14.0. The molecule has 0 radical (unpaired) electrons. The Labute approximate surface area is 115 Å². The molecule has 0 bridgehead atoms. The van der Waals surface area contributed by atoms with Gasteiger partial charge in [0.05, 0.1) is 5.69 Å². The molecule has 104 valence electrons. The summed E-state index contributed by atoms with van der Waals surface area (Å²) in [5.74, 6) is 0.433. The number of carbonyl (C=O) groups excluding carboxylic acids is 1. The van der Waals surface area contributed by atoms with Crippen molar-refractivity contribution in [2.75, 3.05) is 24.5 Å². The number of urea groups is 1. The van der Waals surface area contributed by atoms with Crippen molar-refractivity contribution in [2.24, 2.45) is 11.7 Å². The molecule has 1 aliphatic rings. The van der Waals surface area contributed by atoms with Gasteiger partial charge < -0.3 is 11.1 Å². The predicted molar refractivity (Wildman–Crippen MR) is 78.6 cm³/mol. The zero-order valence-corrected chi connectivity index (χ0v) is 12.0. The van der Waals surface area contributed by atoms with E-state index in [9.17, 15) is 4.79 Å². The van der Waals surface area contributed by atoms with E-state index in [1.807, 2.05) is 4.90 Å². The Morgan fingerprint density at radius 1 is 1.32 bits per heavy atom. The summed E-state index contributed by atoms with van der Waals surface area (Å²) in [5, 5.41) is 2.97. The lowest BCUT2D eigenvalue weighted by Gasteiger charge is -2.35. The van der Waals surface area contributed by atoms with Crippen LogP contribution >= 0.6 is 0 Å². The average Bonchev–Trinajstić information content (AvgIpc) is 2.32. The first kappa shape index (κ1) is 13.9. The summed E-state index contributed by atoms with van der Waals surface area (Å²) in [6, 6.07) is 4.26. The summed E-state index contributed by atoms with van der Waals surface area (Å²) in [5.41, 5.74) is 10.2. The van der Waals surface area contributed by atoms with Crippen LogP contribution in [-0.4, -0.2) is 25.7 Å². The van der Waals surface area contributed by atoms with Crippen LogP contribution in [0.5, 0.6) is 0 Å². The molecule has 1 saturated heterocycles. The number of carbonyl (C=O) groups is 1. The second kappa shape index (κ2) is 5.61. The lowest BCUT2D eigenvalue weighted by atomic mass is 9.99. The van der Waals surface area contributed by atoms with Crippen LogP contribution in [0.3, 0.4) is 0 Å². The predicted octanol–water partition coefficient (Wildman–Crippen LogP) is 2.11. The van der Waals surface area contributed by atoms with E-state index >= 15 is 0 Å². The molecule has 0 spiro atoms. The zero-order valence-electron chi connectivity index (χ0n) is 12.0. The number of nitrogens with two attached hydrogens (primary N) is 1. The van der Waals surface area contributed by atoms with Gasteiger partial charge in [0.25, 0.3) is 0 Å². The number of benzene rings is 1. The van der Waals surface area contributed by atoms with Crippen molar-refractivity contribution in [1.82, 2.24) is 5.32 Å². The van der Waals surface area contributed by atoms with Crippen molar-refractivity contribution in [3.8, 4) is 0 Å². The van der Waals surface area contributed by atoms with Crippen molar-refractivity contribution in [1.29, 1.82) is 0 Å². The summed E-state index contributed by atoms with van der Waals surface area (Å²) in [6.07, 6.45) is 0.945. The number of anilines is 1. The van der Waals surface area contributed by atoms with Crippen molar-refractivity contribution < 1.29 is 4.79 Å². The van der Waals surface area contributed by atoms with Crippen LogP contribution in [0, 0.1) is 26.7 Å². The van der Waals surface area contributed by atoms with E-state index in [1.54, 1.807) is 0 Å². The van der Waals surface area contributed by atoms with E-state index in [4.69, 9.17) is 5.73 Å². The highest BCUT2D eigenvalue weighted by Gasteiger charge is 2.27. The van der Waals surface area contributed by atoms with Crippen LogP contribution in [0.25, 0.3) is 0 Å². The Morgan fingerprint density at radius 2 is 1.95 bits per heavy atom. The molecule has 2 amide bonds. The van der Waals surface area contributed by atoms with Gasteiger partial charge in [0.1, 0.15) is 0 Å². The van der Waals surface area contributed by atoms with Gasteiger partial charge in [0.2, 0.25) is 0 Å². The van der Waals surface area contributed by atoms with Crippen LogP contribution in [0.2, 0.25) is 0 Å². The van der Waals surface area contributed by atoms with Crippen LogP contribution < -0.4 is 16.0 Å². The molecular formula is C15H23N3O. The molecule has 4 heteroatoms. The molecule has 19 heavy (non-hydrogen) atoms. The van der Waals surface area contributed by atoms with Gasteiger partial charge in [-0.1, -0.05) is 17.7 Å². The molecule has 1 aromatic rings. The van der Waals surface area contributed by atoms with E-state index in [-0.39, 0.29) is 6.03 Å². The molecule has 1 heterocycles. The van der Waals surface area contributed by atoms with E-state index in [1.165, 1.54) is 5.56 Å². The number of hydrogen-bond acceptors (Lipinski definition) is 2. The molecule has 0 aromatic heterocycles. The van der Waals surface area contributed by atoms with Crippen molar-refractivity contribution in [2.45, 2.75) is 27.2 Å². The fourth-order valence-electron chi connectivity index (χ4n) is 2.95. The number of amides is 2. The molecular weight excluding hydrogens is 238 g/mol. The number of rotatable bonds is 3. The topological polar surface area (TPSA) is 58.4 Å². The average molecular weight is 261 g/mol. The summed E-state index contributed by atoms with van der Waals surface area (Å²) in [7, 11) is 0. The molecule has 4 nitrogen and oxygen atoms in total. The fourth-order valence-corrected chi connectivity index (χ4v) is 2.95. The Hall–Kier alpha value is -1.55. The third-order valence-electron chi connectivity index (χ3n) is 3.71. The molecule has 1 aromatic carbocycles. The quantitative estimate of drug-likeness (QED) is 0.875. The Balaban J connectivity index is 2.31. The van der Waals surface area contributed by atoms with Crippen molar-refractivity contribution in [3.05, 3.63) is 28.8 Å². The van der Waals surface area contributed by atoms with Crippen LogP contribution in [-0.2, 0) is 0 Å². The smallest absolute Gasteiger partial charge is 0.321 e. The molecule has 2 rings (SSSR count). The van der Waals surface area contributed by atoms with E-state index in [0.717, 1.165) is 36.3 Å². The molecule has 0 aliphatic carbocycles. The van der Waals surface area contributed by atoms with Gasteiger partial charge in [0, 0.05) is 13.1 Å². The van der Waals surface area contributed by atoms with Crippen LogP contribution in [0.4, 0.5) is 10.5 Å². The standard InChI is InChI=1S/C15H23N3O/c1-10-6-11(2)14(12(3)7-10)18-9-13(4-5-16)8-17-15(18)19/h6-7,13H,4-5,8-9,16H2,1-3H3,(H,17,19). The van der Waals surface area contributed by atoms with E-state index < -0.39 is 0 Å². The highest BCUT2D eigenvalue weighted by molar-refractivity contribution is 5.94. The van der Waals surface area contributed by atoms with Gasteiger partial charge in [-0.2, -0.15) is 0 Å². The van der Waals surface area contributed by atoms with Gasteiger partial charge in [-0.3, -0.25) is 4.90 Å². The number of aryl methyl sites for hydroxylation is 3. The van der Waals surface area contributed by atoms with Gasteiger partial charge in [-0.05, 0) is 50.8 Å². The number of hydrogen-bond donors (Lipinski definition) is 2. The zero-order chi connectivity index (χ0) is 14.0. The molecule has 3 N–H and O–H groups in total. The van der Waals surface area contributed by atoms with Gasteiger partial charge in [0.15, 0.2) is 0 Å². The third kappa shape index (κ3) is 2.89. The minimum absolute atomic E-state index is 0.00308. The monoisotopic (exact) mass is 261 g/mol. The Kier molecular flexibility index (Phi) is 4.10. The SMILES string of the molecule is Cc1cc(C)c(N2CC(CCN)CNC2=O)c(C)c1. The first-order valence-corrected chi connectivity index (χ1v) is 6.86. The lowest BCUT2D eigenvalue weighted by molar-refractivity contribution is 0.236. The number of nitrogens with zero attached hydrogens (tertiary/aromatic N) is 1. The summed E-state index contributed by atoms with van der Waals surface area (Å²) >= 11 is 0. The maximum Gasteiger partial charge on any atom is 0.321 e.